The van der Waals surface area contributed by atoms with Gasteiger partial charge >= 0.3 is 0 Å². The third-order valence-electron chi connectivity index (χ3n) is 8.16. The third kappa shape index (κ3) is 4.52. The van der Waals surface area contributed by atoms with Gasteiger partial charge in [0.15, 0.2) is 5.78 Å². The first kappa shape index (κ1) is 24.4. The molecule has 0 saturated carbocycles. The van der Waals surface area contributed by atoms with Crippen molar-refractivity contribution >= 4 is 24.5 Å². The normalized spacial score (nSPS) is 30.6. The molecule has 2 aliphatic heterocycles. The number of rotatable bonds is 4. The first-order valence-electron chi connectivity index (χ1n) is 13.1. The molecule has 1 fully saturated rings. The van der Waals surface area contributed by atoms with Crippen molar-refractivity contribution in [1.29, 1.82) is 0 Å². The summed E-state index contributed by atoms with van der Waals surface area (Å²) in [6, 6.07) is 21.7. The number of fused-ring (bicyclic) bond motifs is 5. The van der Waals surface area contributed by atoms with Gasteiger partial charge in [0.05, 0.1) is 12.2 Å². The van der Waals surface area contributed by atoms with Gasteiger partial charge in [-0.25, -0.2) is 0 Å². The van der Waals surface area contributed by atoms with Gasteiger partial charge in [-0.05, 0) is 47.5 Å². The summed E-state index contributed by atoms with van der Waals surface area (Å²) in [6.07, 6.45) is 9.71. The van der Waals surface area contributed by atoms with Crippen LogP contribution in [0.1, 0.15) is 53.4 Å². The molecule has 2 heterocycles. The minimum absolute atomic E-state index is 0.00488. The Labute approximate surface area is 211 Å². The van der Waals surface area contributed by atoms with Crippen molar-refractivity contribution in [1.82, 2.24) is 0 Å². The number of hydrogen-bond acceptors (Lipinski definition) is 3. The topological polar surface area (TPSA) is 35.5 Å². The summed E-state index contributed by atoms with van der Waals surface area (Å²) in [5.74, 6) is 0.723. The lowest BCUT2D eigenvalue weighted by Gasteiger charge is -2.46. The highest BCUT2D eigenvalue weighted by molar-refractivity contribution is 6.99. The fraction of sp³-hybridized carbons (Fsp3) is 0.452. The van der Waals surface area contributed by atoms with E-state index in [4.69, 9.17) is 9.16 Å². The van der Waals surface area contributed by atoms with Crippen LogP contribution in [0.5, 0.6) is 0 Å². The molecule has 35 heavy (non-hydrogen) atoms. The second kappa shape index (κ2) is 9.65. The number of allylic oxidation sites excluding steroid dienone is 1. The first-order chi connectivity index (χ1) is 16.8. The van der Waals surface area contributed by atoms with Crippen molar-refractivity contribution in [3.8, 4) is 0 Å². The van der Waals surface area contributed by atoms with E-state index in [1.165, 1.54) is 15.9 Å². The molecule has 2 bridgehead atoms. The molecule has 0 amide bonds. The van der Waals surface area contributed by atoms with Crippen molar-refractivity contribution in [2.75, 3.05) is 0 Å². The largest absolute Gasteiger partial charge is 0.401 e. The zero-order valence-corrected chi connectivity index (χ0v) is 22.4. The van der Waals surface area contributed by atoms with E-state index < -0.39 is 8.32 Å². The number of benzene rings is 2. The summed E-state index contributed by atoms with van der Waals surface area (Å²) in [4.78, 5) is 12.9. The number of carbonyl (C=O) groups is 1. The van der Waals surface area contributed by atoms with E-state index in [0.29, 0.717) is 12.3 Å². The van der Waals surface area contributed by atoms with E-state index in [1.54, 1.807) is 0 Å². The van der Waals surface area contributed by atoms with Crippen LogP contribution in [0.4, 0.5) is 0 Å². The second-order valence-corrected chi connectivity index (χ2v) is 15.8. The van der Waals surface area contributed by atoms with E-state index in [9.17, 15) is 4.79 Å². The van der Waals surface area contributed by atoms with Gasteiger partial charge in [0.1, 0.15) is 6.10 Å². The van der Waals surface area contributed by atoms with Crippen molar-refractivity contribution in [2.45, 2.75) is 76.7 Å². The molecule has 2 aromatic rings. The summed E-state index contributed by atoms with van der Waals surface area (Å²) in [5.41, 5.74) is 1.34. The van der Waals surface area contributed by atoms with Crippen molar-refractivity contribution < 1.29 is 14.0 Å². The smallest absolute Gasteiger partial charge is 0.261 e. The fourth-order valence-electron chi connectivity index (χ4n) is 6.50. The maximum Gasteiger partial charge on any atom is 0.261 e. The lowest BCUT2D eigenvalue weighted by atomic mass is 9.76. The van der Waals surface area contributed by atoms with Crippen LogP contribution < -0.4 is 10.4 Å². The molecule has 5 rings (SSSR count). The standard InChI is InChI=1S/C31H38O3Si/c1-22-12-11-17-28(32)30-26-19-18-23(21-27(26)29(20-22)33-30)34-35(31(2,3)4,24-13-7-5-8-14-24)25-15-9-6-10-16-25/h5-10,12-16,18-19,23,26-27,29-30H,11,17,20-21H2,1-4H3/b22-12-/t23-,26+,27-,29?,30?/m0/s1. The minimum atomic E-state index is -2.64. The number of hydrogen-bond donors (Lipinski definition) is 0. The molecule has 1 aliphatic carbocycles. The number of Topliss-reactive ketones (excluding diaryl/α,β-unsaturated/α-hetero) is 1. The van der Waals surface area contributed by atoms with Crippen LogP contribution >= 0.6 is 0 Å². The molecule has 4 heteroatoms. The van der Waals surface area contributed by atoms with Crippen LogP contribution in [0.2, 0.25) is 5.04 Å². The Balaban J connectivity index is 1.53. The SMILES string of the molecule is C/C1=C/CCC(=O)C2OC(C1)[C@H]1C[C@@H](O[Si](c3ccccc3)(c3ccccc3)C(C)(C)C)C=C[C@@H]21. The predicted octanol–water partition coefficient (Wildman–Crippen LogP) is 5.59. The zero-order valence-electron chi connectivity index (χ0n) is 21.4. The molecule has 5 atom stereocenters. The Hall–Kier alpha value is -2.27. The quantitative estimate of drug-likeness (QED) is 0.417. The van der Waals surface area contributed by atoms with Crippen LogP contribution in [0, 0.1) is 11.8 Å². The lowest BCUT2D eigenvalue weighted by Crippen LogP contribution is -2.67. The molecule has 2 unspecified atom stereocenters. The van der Waals surface area contributed by atoms with Gasteiger partial charge in [-0.15, -0.1) is 0 Å². The van der Waals surface area contributed by atoms with E-state index in [2.05, 4.69) is 107 Å². The monoisotopic (exact) mass is 486 g/mol. The van der Waals surface area contributed by atoms with Gasteiger partial charge in [0.25, 0.3) is 8.32 Å². The van der Waals surface area contributed by atoms with Crippen LogP contribution in [0.15, 0.2) is 84.5 Å². The van der Waals surface area contributed by atoms with Crippen LogP contribution in [0.25, 0.3) is 0 Å². The van der Waals surface area contributed by atoms with Crippen molar-refractivity contribution in [3.05, 3.63) is 84.5 Å². The molecule has 0 spiro atoms. The number of carbonyl (C=O) groups excluding carboxylic acids is 1. The van der Waals surface area contributed by atoms with Gasteiger partial charge < -0.3 is 9.16 Å². The summed E-state index contributed by atoms with van der Waals surface area (Å²) >= 11 is 0. The highest BCUT2D eigenvalue weighted by Gasteiger charge is 2.53. The Kier molecular flexibility index (Phi) is 6.73. The zero-order chi connectivity index (χ0) is 24.6. The van der Waals surface area contributed by atoms with Crippen LogP contribution in [-0.2, 0) is 14.0 Å². The Morgan fingerprint density at radius 3 is 2.17 bits per heavy atom. The molecule has 3 aliphatic rings. The molecule has 3 nitrogen and oxygen atoms in total. The molecular formula is C31H38O3Si. The van der Waals surface area contributed by atoms with Gasteiger partial charge in [-0.2, -0.15) is 0 Å². The molecule has 0 aromatic heterocycles. The minimum Gasteiger partial charge on any atom is -0.401 e. The van der Waals surface area contributed by atoms with Crippen molar-refractivity contribution in [3.63, 3.8) is 0 Å². The van der Waals surface area contributed by atoms with Crippen LogP contribution in [-0.4, -0.2) is 32.4 Å². The van der Waals surface area contributed by atoms with Gasteiger partial charge in [-0.1, -0.05) is 105 Å². The second-order valence-electron chi connectivity index (χ2n) is 11.5. The van der Waals surface area contributed by atoms with E-state index >= 15 is 0 Å². The fourth-order valence-corrected chi connectivity index (χ4v) is 11.1. The van der Waals surface area contributed by atoms with Gasteiger partial charge in [0.2, 0.25) is 0 Å². The molecule has 2 aromatic carbocycles. The summed E-state index contributed by atoms with van der Waals surface area (Å²) < 4.78 is 13.9. The van der Waals surface area contributed by atoms with E-state index in [0.717, 1.165) is 19.3 Å². The highest BCUT2D eigenvalue weighted by atomic mass is 28.4. The molecule has 0 radical (unpaired) electrons. The summed E-state index contributed by atoms with van der Waals surface area (Å²) in [5, 5.41) is 2.54. The maximum atomic E-state index is 12.9. The third-order valence-corrected chi connectivity index (χ3v) is 13.2. The van der Waals surface area contributed by atoms with Crippen LogP contribution in [0.3, 0.4) is 0 Å². The van der Waals surface area contributed by atoms with Gasteiger partial charge in [0, 0.05) is 12.3 Å². The summed E-state index contributed by atoms with van der Waals surface area (Å²) in [6.45, 7) is 9.15. The van der Waals surface area contributed by atoms with Crippen molar-refractivity contribution in [2.24, 2.45) is 11.8 Å². The Morgan fingerprint density at radius 2 is 1.57 bits per heavy atom. The van der Waals surface area contributed by atoms with E-state index in [1.807, 2.05) is 0 Å². The van der Waals surface area contributed by atoms with Gasteiger partial charge in [-0.3, -0.25) is 4.79 Å². The molecule has 0 N–H and O–H groups in total. The molecule has 1 saturated heterocycles. The number of ether oxygens (including phenoxy) is 1. The highest BCUT2D eigenvalue weighted by Crippen LogP contribution is 2.45. The predicted molar refractivity (Wildman–Crippen MR) is 145 cm³/mol. The molecular weight excluding hydrogens is 448 g/mol. The number of ketones is 1. The lowest BCUT2D eigenvalue weighted by molar-refractivity contribution is -0.130. The van der Waals surface area contributed by atoms with E-state index in [-0.39, 0.29) is 35.1 Å². The summed E-state index contributed by atoms with van der Waals surface area (Å²) in [7, 11) is -2.64. The average molecular weight is 487 g/mol. The Bertz CT molecular complexity index is 1060. The molecule has 184 valence electrons. The average Bonchev–Trinajstić information content (AvgIpc) is 3.22. The maximum absolute atomic E-state index is 12.9. The first-order valence-corrected chi connectivity index (χ1v) is 15.0. The Morgan fingerprint density at radius 1 is 0.943 bits per heavy atom.